The molecule has 2 saturated heterocycles. The second-order valence-electron chi connectivity index (χ2n) is 5.35. The summed E-state index contributed by atoms with van der Waals surface area (Å²) in [7, 11) is -1.37. The molecule has 2 aliphatic heterocycles. The molecule has 0 bridgehead atoms. The summed E-state index contributed by atoms with van der Waals surface area (Å²) in [6, 6.07) is -0.0104. The minimum absolute atomic E-state index is 0.0104. The summed E-state index contributed by atoms with van der Waals surface area (Å²) >= 11 is 0. The van der Waals surface area contributed by atoms with Crippen molar-refractivity contribution >= 4 is 15.8 Å². The first-order valence-electron chi connectivity index (χ1n) is 6.80. The molecular weight excluding hydrogens is 280 g/mol. The van der Waals surface area contributed by atoms with Gasteiger partial charge in [0, 0.05) is 45.7 Å². The van der Waals surface area contributed by atoms with Gasteiger partial charge in [-0.05, 0) is 0 Å². The summed E-state index contributed by atoms with van der Waals surface area (Å²) in [5, 5.41) is 0. The minimum atomic E-state index is -2.96. The lowest BCUT2D eigenvalue weighted by Crippen LogP contribution is -2.54. The summed E-state index contributed by atoms with van der Waals surface area (Å²) in [4.78, 5) is 11.8. The van der Waals surface area contributed by atoms with Crippen molar-refractivity contribution < 1.29 is 13.2 Å². The monoisotopic (exact) mass is 300 g/mol. The van der Waals surface area contributed by atoms with E-state index >= 15 is 0 Å². The van der Waals surface area contributed by atoms with Crippen LogP contribution in [0.1, 0.15) is 0 Å². The Morgan fingerprint density at radius 3 is 2.65 bits per heavy atom. The number of imidazole rings is 1. The van der Waals surface area contributed by atoms with Gasteiger partial charge in [-0.3, -0.25) is 4.90 Å². The lowest BCUT2D eigenvalue weighted by atomic mass is 10.1. The third-order valence-corrected chi connectivity index (χ3v) is 5.83. The van der Waals surface area contributed by atoms with Crippen LogP contribution < -0.4 is 4.90 Å². The number of hydrogen-bond donors (Lipinski definition) is 1. The van der Waals surface area contributed by atoms with E-state index in [1.54, 1.807) is 13.3 Å². The van der Waals surface area contributed by atoms with Crippen LogP contribution in [0.25, 0.3) is 0 Å². The Morgan fingerprint density at radius 1 is 1.30 bits per heavy atom. The van der Waals surface area contributed by atoms with Gasteiger partial charge in [0.1, 0.15) is 0 Å². The highest BCUT2D eigenvalue weighted by molar-refractivity contribution is 7.91. The number of hydrogen-bond acceptors (Lipinski definition) is 6. The van der Waals surface area contributed by atoms with Gasteiger partial charge in [-0.2, -0.15) is 0 Å². The van der Waals surface area contributed by atoms with Crippen LogP contribution in [0.3, 0.4) is 0 Å². The van der Waals surface area contributed by atoms with Crippen LogP contribution in [0.5, 0.6) is 0 Å². The number of rotatable bonds is 3. The van der Waals surface area contributed by atoms with Gasteiger partial charge in [-0.25, -0.2) is 13.4 Å². The number of H-pyrrole nitrogens is 1. The Hall–Kier alpha value is -1.12. The van der Waals surface area contributed by atoms with Crippen LogP contribution in [-0.2, 0) is 14.6 Å². The van der Waals surface area contributed by atoms with Crippen LogP contribution in [0, 0.1) is 0 Å². The number of aromatic amines is 1. The molecule has 2 aliphatic rings. The standard InChI is InChI=1S/C12H20N4O3S/c1-19-11-9-20(17,18)8-10(11)15-4-6-16(7-5-15)12-13-2-3-14-12/h2-3,10-11H,4-9H2,1H3,(H,13,14)/t10-,11+/m0/s1. The van der Waals surface area contributed by atoms with Crippen LogP contribution in [0.2, 0.25) is 0 Å². The predicted octanol–water partition coefficient (Wildman–Crippen LogP) is -0.656. The maximum Gasteiger partial charge on any atom is 0.202 e. The number of methoxy groups -OCH3 is 1. The molecule has 0 aliphatic carbocycles. The topological polar surface area (TPSA) is 78.5 Å². The summed E-state index contributed by atoms with van der Waals surface area (Å²) < 4.78 is 28.9. The van der Waals surface area contributed by atoms with Crippen molar-refractivity contribution in [2.45, 2.75) is 12.1 Å². The van der Waals surface area contributed by atoms with E-state index in [9.17, 15) is 8.42 Å². The molecule has 2 atom stereocenters. The number of aromatic nitrogens is 2. The smallest absolute Gasteiger partial charge is 0.202 e. The zero-order valence-corrected chi connectivity index (χ0v) is 12.3. The summed E-state index contributed by atoms with van der Waals surface area (Å²) in [6.45, 7) is 3.36. The van der Waals surface area contributed by atoms with Gasteiger partial charge < -0.3 is 14.6 Å². The lowest BCUT2D eigenvalue weighted by molar-refractivity contribution is 0.0418. The van der Waals surface area contributed by atoms with E-state index in [1.807, 2.05) is 6.20 Å². The SMILES string of the molecule is CO[C@@H]1CS(=O)(=O)C[C@@H]1N1CCN(c2ncc[nH]2)CC1. The number of piperazine rings is 1. The van der Waals surface area contributed by atoms with Crippen LogP contribution in [0.15, 0.2) is 12.4 Å². The zero-order chi connectivity index (χ0) is 14.2. The highest BCUT2D eigenvalue weighted by Gasteiger charge is 2.41. The Kier molecular flexibility index (Phi) is 3.70. The summed E-state index contributed by atoms with van der Waals surface area (Å²) in [6.07, 6.45) is 3.36. The second-order valence-corrected chi connectivity index (χ2v) is 7.51. The molecule has 0 unspecified atom stereocenters. The average molecular weight is 300 g/mol. The van der Waals surface area contributed by atoms with Gasteiger partial charge in [0.05, 0.1) is 23.7 Å². The van der Waals surface area contributed by atoms with E-state index in [0.29, 0.717) is 0 Å². The number of anilines is 1. The molecule has 0 amide bonds. The molecule has 7 nitrogen and oxygen atoms in total. The number of ether oxygens (including phenoxy) is 1. The van der Waals surface area contributed by atoms with Crippen LogP contribution in [0.4, 0.5) is 5.95 Å². The summed E-state index contributed by atoms with van der Waals surface area (Å²) in [5.41, 5.74) is 0. The van der Waals surface area contributed by atoms with E-state index in [-0.39, 0.29) is 23.7 Å². The molecule has 0 aromatic carbocycles. The van der Waals surface area contributed by atoms with Crippen molar-refractivity contribution in [2.75, 3.05) is 49.7 Å². The Balaban J connectivity index is 1.63. The fraction of sp³-hybridized carbons (Fsp3) is 0.750. The first-order valence-corrected chi connectivity index (χ1v) is 8.63. The molecule has 112 valence electrons. The van der Waals surface area contributed by atoms with Crippen LogP contribution in [-0.4, -0.2) is 80.2 Å². The fourth-order valence-corrected chi connectivity index (χ4v) is 5.00. The maximum atomic E-state index is 11.8. The van der Waals surface area contributed by atoms with E-state index in [0.717, 1.165) is 32.1 Å². The highest BCUT2D eigenvalue weighted by atomic mass is 32.2. The van der Waals surface area contributed by atoms with E-state index < -0.39 is 9.84 Å². The van der Waals surface area contributed by atoms with E-state index in [1.165, 1.54) is 0 Å². The molecule has 3 heterocycles. The Labute approximate surface area is 118 Å². The number of nitrogens with zero attached hydrogens (tertiary/aromatic N) is 3. The third kappa shape index (κ3) is 2.68. The minimum Gasteiger partial charge on any atom is -0.379 e. The number of nitrogens with one attached hydrogen (secondary N) is 1. The van der Waals surface area contributed by atoms with Crippen molar-refractivity contribution in [3.63, 3.8) is 0 Å². The van der Waals surface area contributed by atoms with E-state index in [2.05, 4.69) is 19.8 Å². The molecule has 1 N–H and O–H groups in total. The van der Waals surface area contributed by atoms with Gasteiger partial charge >= 0.3 is 0 Å². The van der Waals surface area contributed by atoms with Gasteiger partial charge in [0.2, 0.25) is 5.95 Å². The third-order valence-electron chi connectivity index (χ3n) is 4.14. The van der Waals surface area contributed by atoms with Gasteiger partial charge in [-0.15, -0.1) is 0 Å². The molecule has 0 radical (unpaired) electrons. The lowest BCUT2D eigenvalue weighted by Gasteiger charge is -2.39. The van der Waals surface area contributed by atoms with E-state index in [4.69, 9.17) is 4.74 Å². The number of sulfone groups is 1. The molecule has 3 rings (SSSR count). The Morgan fingerprint density at radius 2 is 2.05 bits per heavy atom. The van der Waals surface area contributed by atoms with Crippen molar-refractivity contribution in [1.29, 1.82) is 0 Å². The summed E-state index contributed by atoms with van der Waals surface area (Å²) in [5.74, 6) is 1.24. The van der Waals surface area contributed by atoms with Gasteiger partial charge in [-0.1, -0.05) is 0 Å². The molecular formula is C12H20N4O3S. The maximum absolute atomic E-state index is 11.8. The van der Waals surface area contributed by atoms with Crippen molar-refractivity contribution in [3.05, 3.63) is 12.4 Å². The molecule has 8 heteroatoms. The quantitative estimate of drug-likeness (QED) is 0.799. The molecule has 0 spiro atoms. The largest absolute Gasteiger partial charge is 0.379 e. The van der Waals surface area contributed by atoms with Gasteiger partial charge in [0.25, 0.3) is 0 Å². The fourth-order valence-electron chi connectivity index (χ4n) is 3.06. The predicted molar refractivity (Wildman–Crippen MR) is 75.6 cm³/mol. The van der Waals surface area contributed by atoms with Crippen molar-refractivity contribution in [1.82, 2.24) is 14.9 Å². The molecule has 1 aromatic heterocycles. The second kappa shape index (κ2) is 5.34. The molecule has 0 saturated carbocycles. The molecule has 1 aromatic rings. The van der Waals surface area contributed by atoms with Crippen molar-refractivity contribution in [3.8, 4) is 0 Å². The normalized spacial score (nSPS) is 30.8. The van der Waals surface area contributed by atoms with Crippen molar-refractivity contribution in [2.24, 2.45) is 0 Å². The zero-order valence-electron chi connectivity index (χ0n) is 11.5. The first-order chi connectivity index (χ1) is 9.59. The molecule has 20 heavy (non-hydrogen) atoms. The highest BCUT2D eigenvalue weighted by Crippen LogP contribution is 2.22. The molecule has 2 fully saturated rings. The van der Waals surface area contributed by atoms with Gasteiger partial charge in [0.15, 0.2) is 9.84 Å². The van der Waals surface area contributed by atoms with Crippen LogP contribution >= 0.6 is 0 Å². The Bertz CT molecular complexity index is 537. The average Bonchev–Trinajstić information content (AvgIpc) is 3.06. The first kappa shape index (κ1) is 13.8.